The third-order valence-corrected chi connectivity index (χ3v) is 5.15. The number of halogens is 4. The van der Waals surface area contributed by atoms with E-state index in [1.165, 1.54) is 22.9 Å². The van der Waals surface area contributed by atoms with E-state index in [0.717, 1.165) is 4.90 Å². The van der Waals surface area contributed by atoms with E-state index in [4.69, 9.17) is 0 Å². The molecule has 1 aromatic carbocycles. The fourth-order valence-corrected chi connectivity index (χ4v) is 3.70. The number of amides is 1. The van der Waals surface area contributed by atoms with E-state index < -0.39 is 23.9 Å². The molecule has 1 atom stereocenters. The maximum atomic E-state index is 13.6. The van der Waals surface area contributed by atoms with Crippen molar-refractivity contribution >= 4 is 16.8 Å². The lowest BCUT2D eigenvalue weighted by Gasteiger charge is -2.26. The molecule has 5 nitrogen and oxygen atoms in total. The number of alkyl halides is 3. The standard InChI is InChI=1S/C17H18F4N4O/c18-11-3-4-13-12(6-11)16(10-7-22-8-10)23-25(13)9-15(26)24-5-1-2-14(24)17(19,20)21/h3-4,6,10,14,22H,1-2,5,7-9H2/t14-/m0/s1. The maximum Gasteiger partial charge on any atom is 0.408 e. The molecule has 0 aliphatic carbocycles. The average molecular weight is 370 g/mol. The second-order valence-corrected chi connectivity index (χ2v) is 6.85. The van der Waals surface area contributed by atoms with E-state index in [1.807, 2.05) is 0 Å². The van der Waals surface area contributed by atoms with Gasteiger partial charge in [0.15, 0.2) is 0 Å². The second kappa shape index (κ2) is 6.22. The number of nitrogens with one attached hydrogen (secondary N) is 1. The van der Waals surface area contributed by atoms with Gasteiger partial charge in [-0.05, 0) is 31.0 Å². The quantitative estimate of drug-likeness (QED) is 0.845. The van der Waals surface area contributed by atoms with E-state index in [0.29, 0.717) is 36.1 Å². The Kier molecular flexibility index (Phi) is 4.13. The van der Waals surface area contributed by atoms with Gasteiger partial charge < -0.3 is 10.2 Å². The van der Waals surface area contributed by atoms with Crippen LogP contribution >= 0.6 is 0 Å². The fraction of sp³-hybridized carbons (Fsp3) is 0.529. The molecule has 2 aliphatic rings. The first kappa shape index (κ1) is 17.3. The number of rotatable bonds is 3. The fourth-order valence-electron chi connectivity index (χ4n) is 3.70. The molecule has 26 heavy (non-hydrogen) atoms. The Morgan fingerprint density at radius 3 is 2.73 bits per heavy atom. The van der Waals surface area contributed by atoms with Crippen LogP contribution in [0, 0.1) is 5.82 Å². The normalized spacial score (nSPS) is 21.4. The monoisotopic (exact) mass is 370 g/mol. The van der Waals surface area contributed by atoms with Gasteiger partial charge in [-0.3, -0.25) is 9.48 Å². The van der Waals surface area contributed by atoms with Gasteiger partial charge in [0.1, 0.15) is 18.4 Å². The molecule has 4 rings (SSSR count). The van der Waals surface area contributed by atoms with Crippen molar-refractivity contribution in [3.05, 3.63) is 29.7 Å². The van der Waals surface area contributed by atoms with E-state index in [-0.39, 0.29) is 25.4 Å². The first-order chi connectivity index (χ1) is 12.3. The van der Waals surface area contributed by atoms with Crippen LogP contribution in [0.2, 0.25) is 0 Å². The summed E-state index contributed by atoms with van der Waals surface area (Å²) >= 11 is 0. The summed E-state index contributed by atoms with van der Waals surface area (Å²) in [4.78, 5) is 13.4. The molecule has 2 aliphatic heterocycles. The topological polar surface area (TPSA) is 50.2 Å². The van der Waals surface area contributed by atoms with Crippen molar-refractivity contribution < 1.29 is 22.4 Å². The summed E-state index contributed by atoms with van der Waals surface area (Å²) in [7, 11) is 0. The van der Waals surface area contributed by atoms with Crippen molar-refractivity contribution in [1.29, 1.82) is 0 Å². The minimum Gasteiger partial charge on any atom is -0.329 e. The van der Waals surface area contributed by atoms with E-state index in [1.54, 1.807) is 0 Å². The van der Waals surface area contributed by atoms with Crippen LogP contribution < -0.4 is 5.32 Å². The number of fused-ring (bicyclic) bond motifs is 1. The number of nitrogens with zero attached hydrogens (tertiary/aromatic N) is 3. The predicted octanol–water partition coefficient (Wildman–Crippen LogP) is 2.42. The van der Waals surface area contributed by atoms with Crippen LogP contribution in [0.1, 0.15) is 24.5 Å². The predicted molar refractivity (Wildman–Crippen MR) is 86.1 cm³/mol. The van der Waals surface area contributed by atoms with Gasteiger partial charge in [0.2, 0.25) is 5.91 Å². The van der Waals surface area contributed by atoms with Crippen molar-refractivity contribution in [3.63, 3.8) is 0 Å². The van der Waals surface area contributed by atoms with Crippen LogP contribution in [-0.2, 0) is 11.3 Å². The molecule has 1 amide bonds. The molecule has 0 radical (unpaired) electrons. The van der Waals surface area contributed by atoms with Gasteiger partial charge in [-0.2, -0.15) is 18.3 Å². The first-order valence-electron chi connectivity index (χ1n) is 8.57. The lowest BCUT2D eigenvalue weighted by Crippen LogP contribution is -2.45. The third kappa shape index (κ3) is 2.94. The average Bonchev–Trinajstić information content (AvgIpc) is 3.11. The molecule has 9 heteroatoms. The lowest BCUT2D eigenvalue weighted by atomic mass is 9.96. The number of hydrogen-bond donors (Lipinski definition) is 1. The first-order valence-corrected chi connectivity index (χ1v) is 8.57. The molecule has 2 aromatic rings. The van der Waals surface area contributed by atoms with Crippen LogP contribution in [-0.4, -0.2) is 52.4 Å². The Bertz CT molecular complexity index is 843. The van der Waals surface area contributed by atoms with Gasteiger partial charge in [-0.25, -0.2) is 4.39 Å². The zero-order valence-electron chi connectivity index (χ0n) is 13.9. The van der Waals surface area contributed by atoms with E-state index in [9.17, 15) is 22.4 Å². The Morgan fingerprint density at radius 1 is 1.31 bits per heavy atom. The molecule has 0 bridgehead atoms. The number of benzene rings is 1. The van der Waals surface area contributed by atoms with Gasteiger partial charge in [0.05, 0.1) is 11.2 Å². The molecular weight excluding hydrogens is 352 g/mol. The summed E-state index contributed by atoms with van der Waals surface area (Å²) in [5.74, 6) is -0.907. The summed E-state index contributed by atoms with van der Waals surface area (Å²) in [6, 6.07) is 2.42. The highest BCUT2D eigenvalue weighted by atomic mass is 19.4. The van der Waals surface area contributed by atoms with Crippen molar-refractivity contribution in [2.45, 2.75) is 37.5 Å². The highest BCUT2D eigenvalue weighted by molar-refractivity contribution is 5.85. The molecule has 2 fully saturated rings. The molecule has 0 saturated carbocycles. The van der Waals surface area contributed by atoms with Gasteiger partial charge in [-0.1, -0.05) is 0 Å². The zero-order valence-corrected chi connectivity index (χ0v) is 13.9. The van der Waals surface area contributed by atoms with Crippen LogP contribution in [0.4, 0.5) is 17.6 Å². The number of carbonyl (C=O) groups excluding carboxylic acids is 1. The van der Waals surface area contributed by atoms with Crippen molar-refractivity contribution in [2.24, 2.45) is 0 Å². The molecule has 1 aromatic heterocycles. The van der Waals surface area contributed by atoms with E-state index >= 15 is 0 Å². The molecule has 140 valence electrons. The smallest absolute Gasteiger partial charge is 0.329 e. The highest BCUT2D eigenvalue weighted by Crippen LogP contribution is 2.33. The van der Waals surface area contributed by atoms with Gasteiger partial charge in [-0.15, -0.1) is 0 Å². The minimum absolute atomic E-state index is 0.0701. The van der Waals surface area contributed by atoms with Gasteiger partial charge >= 0.3 is 6.18 Å². The summed E-state index contributed by atoms with van der Waals surface area (Å²) in [5, 5.41) is 8.15. The van der Waals surface area contributed by atoms with Crippen molar-refractivity contribution in [3.8, 4) is 0 Å². The maximum absolute atomic E-state index is 13.6. The van der Waals surface area contributed by atoms with Crippen LogP contribution in [0.5, 0.6) is 0 Å². The SMILES string of the molecule is O=C(Cn1nc(C2CNC2)c2cc(F)ccc21)N1CCC[C@H]1C(F)(F)F. The summed E-state index contributed by atoms with van der Waals surface area (Å²) in [6.45, 7) is 1.22. The summed E-state index contributed by atoms with van der Waals surface area (Å²) < 4.78 is 54.4. The molecule has 0 spiro atoms. The molecular formula is C17H18F4N4O. The zero-order chi connectivity index (χ0) is 18.5. The second-order valence-electron chi connectivity index (χ2n) is 6.85. The Labute approximate surface area is 146 Å². The molecule has 3 heterocycles. The van der Waals surface area contributed by atoms with Crippen molar-refractivity contribution in [2.75, 3.05) is 19.6 Å². The Balaban J connectivity index is 1.64. The van der Waals surface area contributed by atoms with Crippen LogP contribution in [0.25, 0.3) is 10.9 Å². The van der Waals surface area contributed by atoms with Gasteiger partial charge in [0.25, 0.3) is 0 Å². The van der Waals surface area contributed by atoms with Crippen LogP contribution in [0.15, 0.2) is 18.2 Å². The number of likely N-dealkylation sites (tertiary alicyclic amines) is 1. The number of hydrogen-bond acceptors (Lipinski definition) is 3. The summed E-state index contributed by atoms with van der Waals surface area (Å²) in [5.41, 5.74) is 1.24. The lowest BCUT2D eigenvalue weighted by molar-refractivity contribution is -0.183. The molecule has 2 saturated heterocycles. The number of carbonyl (C=O) groups is 1. The van der Waals surface area contributed by atoms with E-state index in [2.05, 4.69) is 10.4 Å². The Morgan fingerprint density at radius 2 is 2.08 bits per heavy atom. The highest BCUT2D eigenvalue weighted by Gasteiger charge is 2.47. The van der Waals surface area contributed by atoms with Gasteiger partial charge in [0, 0.05) is 30.9 Å². The largest absolute Gasteiger partial charge is 0.408 e. The molecule has 1 N–H and O–H groups in total. The van der Waals surface area contributed by atoms with Crippen molar-refractivity contribution in [1.82, 2.24) is 20.0 Å². The Hall–Kier alpha value is -2.16. The number of aromatic nitrogens is 2. The third-order valence-electron chi connectivity index (χ3n) is 5.15. The molecule has 0 unspecified atom stereocenters. The summed E-state index contributed by atoms with van der Waals surface area (Å²) in [6.07, 6.45) is -4.16. The van der Waals surface area contributed by atoms with Crippen LogP contribution in [0.3, 0.4) is 0 Å². The minimum atomic E-state index is -4.43.